The van der Waals surface area contributed by atoms with Crippen LogP contribution in [0, 0.1) is 0 Å². The molecule has 6 nitrogen and oxygen atoms in total. The predicted molar refractivity (Wildman–Crippen MR) is 96.1 cm³/mol. The van der Waals surface area contributed by atoms with Crippen LogP contribution in [0.2, 0.25) is 0 Å². The minimum absolute atomic E-state index is 0.0958. The van der Waals surface area contributed by atoms with Gasteiger partial charge in [-0.1, -0.05) is 13.0 Å². The smallest absolute Gasteiger partial charge is 0.237 e. The summed E-state index contributed by atoms with van der Waals surface area (Å²) in [5, 5.41) is 3.19. The number of piperazine rings is 1. The molecule has 6 heteroatoms. The fourth-order valence-electron chi connectivity index (χ4n) is 3.59. The van der Waals surface area contributed by atoms with Gasteiger partial charge in [0.15, 0.2) is 0 Å². The number of likely N-dealkylation sites (N-methyl/N-ethyl adjacent to an activating group) is 1. The summed E-state index contributed by atoms with van der Waals surface area (Å²) in [5.74, 6) is 1.26. The molecule has 3 rings (SSSR count). The standard InChI is InChI=1S/C18H29N5O/c1-3-22-9-7-16(22)18(24)20-15(2)14-21-10-12-23(13-11-21)17-6-4-5-8-19-17/h4-6,8,15-16H,3,7,9-14H2,1-2H3,(H,20,24). The summed E-state index contributed by atoms with van der Waals surface area (Å²) in [5.41, 5.74) is 0. The van der Waals surface area contributed by atoms with Crippen LogP contribution in [0.4, 0.5) is 5.82 Å². The Hall–Kier alpha value is -1.66. The van der Waals surface area contributed by atoms with Crippen LogP contribution in [0.5, 0.6) is 0 Å². The van der Waals surface area contributed by atoms with Crippen LogP contribution in [-0.2, 0) is 4.79 Å². The summed E-state index contributed by atoms with van der Waals surface area (Å²) in [4.78, 5) is 23.7. The number of rotatable bonds is 6. The van der Waals surface area contributed by atoms with Gasteiger partial charge in [0.05, 0.1) is 6.04 Å². The van der Waals surface area contributed by atoms with E-state index in [1.165, 1.54) is 0 Å². The monoisotopic (exact) mass is 331 g/mol. The van der Waals surface area contributed by atoms with E-state index < -0.39 is 0 Å². The highest BCUT2D eigenvalue weighted by Gasteiger charge is 2.33. The Morgan fingerprint density at radius 2 is 2.08 bits per heavy atom. The molecule has 1 aromatic rings. The van der Waals surface area contributed by atoms with Crippen LogP contribution in [0.3, 0.4) is 0 Å². The average Bonchev–Trinajstić information content (AvgIpc) is 2.55. The third-order valence-electron chi connectivity index (χ3n) is 5.11. The number of amides is 1. The van der Waals surface area contributed by atoms with E-state index in [4.69, 9.17) is 0 Å². The van der Waals surface area contributed by atoms with Gasteiger partial charge >= 0.3 is 0 Å². The highest BCUT2D eigenvalue weighted by Crippen LogP contribution is 2.17. The van der Waals surface area contributed by atoms with Gasteiger partial charge in [0.2, 0.25) is 5.91 Å². The van der Waals surface area contributed by atoms with Gasteiger partial charge in [-0.05, 0) is 32.0 Å². The molecular formula is C18H29N5O. The van der Waals surface area contributed by atoms with Crippen LogP contribution in [0.1, 0.15) is 20.3 Å². The van der Waals surface area contributed by atoms with Crippen molar-refractivity contribution in [1.29, 1.82) is 0 Å². The maximum absolute atomic E-state index is 12.3. The van der Waals surface area contributed by atoms with Gasteiger partial charge in [-0.2, -0.15) is 0 Å². The lowest BCUT2D eigenvalue weighted by Gasteiger charge is -2.40. The minimum Gasteiger partial charge on any atom is -0.354 e. The molecule has 1 N–H and O–H groups in total. The first-order valence-electron chi connectivity index (χ1n) is 9.10. The average molecular weight is 331 g/mol. The Labute approximate surface area is 144 Å². The Morgan fingerprint density at radius 1 is 1.29 bits per heavy atom. The molecule has 2 aliphatic rings. The molecule has 2 fully saturated rings. The summed E-state index contributed by atoms with van der Waals surface area (Å²) in [7, 11) is 0. The van der Waals surface area contributed by atoms with Crippen LogP contribution in [-0.4, -0.2) is 78.6 Å². The molecule has 2 atom stereocenters. The summed E-state index contributed by atoms with van der Waals surface area (Å²) in [6.07, 6.45) is 2.84. The minimum atomic E-state index is 0.0958. The van der Waals surface area contributed by atoms with Gasteiger partial charge in [0, 0.05) is 51.5 Å². The van der Waals surface area contributed by atoms with Crippen molar-refractivity contribution in [2.24, 2.45) is 0 Å². The summed E-state index contributed by atoms with van der Waals surface area (Å²) >= 11 is 0. The molecule has 2 aliphatic heterocycles. The number of nitrogens with one attached hydrogen (secondary N) is 1. The summed E-state index contributed by atoms with van der Waals surface area (Å²) in [6.45, 7) is 11.2. The molecule has 24 heavy (non-hydrogen) atoms. The molecule has 1 aromatic heterocycles. The Bertz CT molecular complexity index is 527. The molecule has 3 heterocycles. The zero-order valence-corrected chi connectivity index (χ0v) is 14.8. The molecule has 0 bridgehead atoms. The highest BCUT2D eigenvalue weighted by molar-refractivity contribution is 5.82. The van der Waals surface area contributed by atoms with Crippen molar-refractivity contribution < 1.29 is 4.79 Å². The topological polar surface area (TPSA) is 51.7 Å². The van der Waals surface area contributed by atoms with Gasteiger partial charge in [0.1, 0.15) is 5.82 Å². The van der Waals surface area contributed by atoms with E-state index in [1.807, 2.05) is 18.3 Å². The molecule has 0 saturated carbocycles. The van der Waals surface area contributed by atoms with Crippen molar-refractivity contribution in [3.05, 3.63) is 24.4 Å². The first-order valence-corrected chi connectivity index (χ1v) is 9.10. The zero-order chi connectivity index (χ0) is 16.9. The third-order valence-corrected chi connectivity index (χ3v) is 5.11. The molecule has 0 spiro atoms. The van der Waals surface area contributed by atoms with Crippen LogP contribution in [0.15, 0.2) is 24.4 Å². The number of hydrogen-bond donors (Lipinski definition) is 1. The van der Waals surface area contributed by atoms with E-state index in [0.29, 0.717) is 0 Å². The quantitative estimate of drug-likeness (QED) is 0.836. The first-order chi connectivity index (χ1) is 11.7. The molecular weight excluding hydrogens is 302 g/mol. The molecule has 0 radical (unpaired) electrons. The number of pyridine rings is 1. The Balaban J connectivity index is 1.40. The number of carbonyl (C=O) groups is 1. The second kappa shape index (κ2) is 7.94. The summed E-state index contributed by atoms with van der Waals surface area (Å²) < 4.78 is 0. The molecule has 2 unspecified atom stereocenters. The van der Waals surface area contributed by atoms with E-state index in [-0.39, 0.29) is 18.0 Å². The zero-order valence-electron chi connectivity index (χ0n) is 14.8. The Morgan fingerprint density at radius 3 is 2.67 bits per heavy atom. The van der Waals surface area contributed by atoms with E-state index in [2.05, 4.69) is 44.9 Å². The maximum Gasteiger partial charge on any atom is 0.237 e. The molecule has 2 saturated heterocycles. The van der Waals surface area contributed by atoms with Crippen LogP contribution in [0.25, 0.3) is 0 Å². The lowest BCUT2D eigenvalue weighted by atomic mass is 10.0. The first kappa shape index (κ1) is 17.2. The number of carbonyl (C=O) groups excluding carboxylic acids is 1. The number of hydrogen-bond acceptors (Lipinski definition) is 5. The van der Waals surface area contributed by atoms with E-state index in [9.17, 15) is 4.79 Å². The number of likely N-dealkylation sites (tertiary alicyclic amines) is 1. The lowest BCUT2D eigenvalue weighted by molar-refractivity contribution is -0.131. The van der Waals surface area contributed by atoms with Gasteiger partial charge in [-0.3, -0.25) is 14.6 Å². The largest absolute Gasteiger partial charge is 0.354 e. The second-order valence-corrected chi connectivity index (χ2v) is 6.82. The van der Waals surface area contributed by atoms with Gasteiger partial charge < -0.3 is 10.2 Å². The van der Waals surface area contributed by atoms with Gasteiger partial charge in [-0.25, -0.2) is 4.98 Å². The molecule has 0 aromatic carbocycles. The number of anilines is 1. The van der Waals surface area contributed by atoms with Crippen LogP contribution < -0.4 is 10.2 Å². The van der Waals surface area contributed by atoms with Gasteiger partial charge in [0.25, 0.3) is 0 Å². The molecule has 132 valence electrons. The van der Waals surface area contributed by atoms with Crippen molar-refractivity contribution in [3.8, 4) is 0 Å². The van der Waals surface area contributed by atoms with Crippen molar-refractivity contribution in [2.75, 3.05) is 50.7 Å². The normalized spacial score (nSPS) is 23.6. The Kier molecular flexibility index (Phi) is 5.68. The molecule has 0 aliphatic carbocycles. The third kappa shape index (κ3) is 4.05. The van der Waals surface area contributed by atoms with E-state index >= 15 is 0 Å². The fraction of sp³-hybridized carbons (Fsp3) is 0.667. The van der Waals surface area contributed by atoms with Crippen LogP contribution >= 0.6 is 0 Å². The fourth-order valence-corrected chi connectivity index (χ4v) is 3.59. The SMILES string of the molecule is CCN1CCC1C(=O)NC(C)CN1CCN(c2ccccn2)CC1. The summed E-state index contributed by atoms with van der Waals surface area (Å²) in [6, 6.07) is 6.34. The van der Waals surface area contributed by atoms with Crippen molar-refractivity contribution in [2.45, 2.75) is 32.4 Å². The van der Waals surface area contributed by atoms with Crippen molar-refractivity contribution in [3.63, 3.8) is 0 Å². The van der Waals surface area contributed by atoms with Crippen molar-refractivity contribution in [1.82, 2.24) is 20.1 Å². The number of nitrogens with zero attached hydrogens (tertiary/aromatic N) is 4. The molecule has 1 amide bonds. The van der Waals surface area contributed by atoms with Crippen molar-refractivity contribution >= 4 is 11.7 Å². The highest BCUT2D eigenvalue weighted by atomic mass is 16.2. The lowest BCUT2D eigenvalue weighted by Crippen LogP contribution is -2.58. The maximum atomic E-state index is 12.3. The predicted octanol–water partition coefficient (Wildman–Crippen LogP) is 0.803. The van der Waals surface area contributed by atoms with E-state index in [0.717, 1.165) is 58.1 Å². The van der Waals surface area contributed by atoms with Gasteiger partial charge in [-0.15, -0.1) is 0 Å². The number of aromatic nitrogens is 1. The second-order valence-electron chi connectivity index (χ2n) is 6.82. The van der Waals surface area contributed by atoms with E-state index in [1.54, 1.807) is 0 Å².